The van der Waals surface area contributed by atoms with Crippen molar-refractivity contribution >= 4 is 0 Å². The molecule has 0 aliphatic rings. The molecule has 0 spiro atoms. The van der Waals surface area contributed by atoms with E-state index in [2.05, 4.69) is 224 Å². The number of aromatic nitrogens is 4. The van der Waals surface area contributed by atoms with Gasteiger partial charge in [-0.3, -0.25) is 0 Å². The summed E-state index contributed by atoms with van der Waals surface area (Å²) in [5.74, 6) is 1.41. The van der Waals surface area contributed by atoms with Crippen LogP contribution in [-0.2, 0) is 10.8 Å². The lowest BCUT2D eigenvalue weighted by Gasteiger charge is -2.26. The highest BCUT2D eigenvalue weighted by atomic mass is 14.9. The molecule has 68 heavy (non-hydrogen) atoms. The van der Waals surface area contributed by atoms with E-state index in [1.165, 1.54) is 0 Å². The molecule has 0 aliphatic carbocycles. The first kappa shape index (κ1) is 43.8. The normalized spacial score (nSPS) is 11.7. The molecule has 10 rings (SSSR count). The topological polar surface area (TPSA) is 51.6 Å². The van der Waals surface area contributed by atoms with Gasteiger partial charge in [0.15, 0.2) is 11.6 Å². The Morgan fingerprint density at radius 3 is 0.809 bits per heavy atom. The van der Waals surface area contributed by atoms with E-state index in [-0.39, 0.29) is 10.8 Å². The monoisotopic (exact) mass is 878 g/mol. The Labute approximate surface area is 401 Å². The summed E-state index contributed by atoms with van der Waals surface area (Å²) in [6, 6.07) is 77.0. The van der Waals surface area contributed by atoms with E-state index in [0.29, 0.717) is 11.6 Å². The zero-order valence-electron chi connectivity index (χ0n) is 39.6. The second-order valence-electron chi connectivity index (χ2n) is 19.5. The Morgan fingerprint density at radius 1 is 0.235 bits per heavy atom. The van der Waals surface area contributed by atoms with Crippen LogP contribution < -0.4 is 0 Å². The van der Waals surface area contributed by atoms with Gasteiger partial charge in [0.05, 0.1) is 22.8 Å². The standard InChI is InChI=1S/C64H54N4/c1-63(2,3)55-57(43-25-11-7-12-26-43)65-61(45-29-15-9-16-30-45)67-59(55)49-35-23-33-47(41-49)51-37-19-21-39-53(51)54-40-22-20-38-52(54)48-34-24-36-50(42-48)60-56(64(4,5)6)58(44-27-13-8-14-28-44)66-62(68-60)46-31-17-10-18-32-46/h7-42H,1-6H3. The molecule has 4 heteroatoms. The van der Waals surface area contributed by atoms with E-state index in [4.69, 9.17) is 19.9 Å². The van der Waals surface area contributed by atoms with Gasteiger partial charge in [-0.2, -0.15) is 0 Å². The smallest absolute Gasteiger partial charge is 0.160 e. The number of rotatable bonds is 9. The summed E-state index contributed by atoms with van der Waals surface area (Å²) in [5.41, 5.74) is 18.5. The van der Waals surface area contributed by atoms with Gasteiger partial charge in [0.1, 0.15) is 0 Å². The fraction of sp³-hybridized carbons (Fsp3) is 0.125. The minimum absolute atomic E-state index is 0.261. The molecule has 10 aromatic rings. The van der Waals surface area contributed by atoms with Gasteiger partial charge in [0, 0.05) is 44.5 Å². The SMILES string of the molecule is CC(C)(C)c1c(-c2ccccc2)nc(-c2ccccc2)nc1-c1cccc(-c2ccccc2-c2ccccc2-c2cccc(-c3nc(-c4ccccc4)nc(-c4ccccc4)c3C(C)(C)C)c2)c1. The number of hydrogen-bond donors (Lipinski definition) is 0. The predicted molar refractivity (Wildman–Crippen MR) is 284 cm³/mol. The summed E-state index contributed by atoms with van der Waals surface area (Å²) >= 11 is 0. The van der Waals surface area contributed by atoms with Crippen molar-refractivity contribution in [2.24, 2.45) is 0 Å². The van der Waals surface area contributed by atoms with Crippen molar-refractivity contribution in [2.75, 3.05) is 0 Å². The third kappa shape index (κ3) is 8.81. The highest BCUT2D eigenvalue weighted by Crippen LogP contribution is 2.45. The summed E-state index contributed by atoms with van der Waals surface area (Å²) in [6.07, 6.45) is 0. The Morgan fingerprint density at radius 2 is 0.485 bits per heavy atom. The minimum atomic E-state index is -0.261. The van der Waals surface area contributed by atoms with E-state index >= 15 is 0 Å². The van der Waals surface area contributed by atoms with Crippen LogP contribution in [0.5, 0.6) is 0 Å². The van der Waals surface area contributed by atoms with Crippen LogP contribution in [0.25, 0.3) is 101 Å². The van der Waals surface area contributed by atoms with Gasteiger partial charge in [-0.05, 0) is 56.3 Å². The van der Waals surface area contributed by atoms with Crippen molar-refractivity contribution in [1.29, 1.82) is 0 Å². The maximum atomic E-state index is 5.41. The molecule has 0 radical (unpaired) electrons. The fourth-order valence-corrected chi connectivity index (χ4v) is 9.41. The fourth-order valence-electron chi connectivity index (χ4n) is 9.41. The molecule has 2 heterocycles. The van der Waals surface area contributed by atoms with E-state index in [1.54, 1.807) is 0 Å². The van der Waals surface area contributed by atoms with Crippen LogP contribution >= 0.6 is 0 Å². The van der Waals surface area contributed by atoms with Gasteiger partial charge in [-0.25, -0.2) is 19.9 Å². The van der Waals surface area contributed by atoms with E-state index in [0.717, 1.165) is 101 Å². The molecule has 0 saturated carbocycles. The van der Waals surface area contributed by atoms with Crippen LogP contribution in [0.2, 0.25) is 0 Å². The zero-order chi connectivity index (χ0) is 46.8. The molecule has 0 bridgehead atoms. The Bertz CT molecular complexity index is 3150. The molecule has 0 aliphatic heterocycles. The van der Waals surface area contributed by atoms with Crippen molar-refractivity contribution < 1.29 is 0 Å². The largest absolute Gasteiger partial charge is 0.228 e. The molecule has 0 unspecified atom stereocenters. The van der Waals surface area contributed by atoms with Crippen LogP contribution in [0, 0.1) is 0 Å². The van der Waals surface area contributed by atoms with Gasteiger partial charge in [-0.1, -0.05) is 248 Å². The first-order chi connectivity index (χ1) is 33.0. The molecule has 0 fully saturated rings. The van der Waals surface area contributed by atoms with Crippen LogP contribution in [0.4, 0.5) is 0 Å². The quantitative estimate of drug-likeness (QED) is 0.145. The summed E-state index contributed by atoms with van der Waals surface area (Å²) < 4.78 is 0. The molecule has 0 atom stereocenters. The summed E-state index contributed by atoms with van der Waals surface area (Å²) in [5, 5.41) is 0. The van der Waals surface area contributed by atoms with Crippen molar-refractivity contribution in [3.63, 3.8) is 0 Å². The summed E-state index contributed by atoms with van der Waals surface area (Å²) in [7, 11) is 0. The number of benzene rings is 8. The molecule has 4 nitrogen and oxygen atoms in total. The molecule has 330 valence electrons. The van der Waals surface area contributed by atoms with Crippen LogP contribution in [0.15, 0.2) is 218 Å². The Kier molecular flexibility index (Phi) is 11.8. The highest BCUT2D eigenvalue weighted by Gasteiger charge is 2.29. The first-order valence-electron chi connectivity index (χ1n) is 23.5. The average molecular weight is 879 g/mol. The molecule has 0 amide bonds. The molecule has 2 aromatic heterocycles. The molecule has 0 saturated heterocycles. The first-order valence-corrected chi connectivity index (χ1v) is 23.5. The number of nitrogens with zero attached hydrogens (tertiary/aromatic N) is 4. The van der Waals surface area contributed by atoms with E-state index in [1.807, 2.05) is 36.4 Å². The van der Waals surface area contributed by atoms with Gasteiger partial charge in [0.25, 0.3) is 0 Å². The van der Waals surface area contributed by atoms with E-state index < -0.39 is 0 Å². The minimum Gasteiger partial charge on any atom is -0.228 e. The van der Waals surface area contributed by atoms with Gasteiger partial charge in [0.2, 0.25) is 0 Å². The molecular formula is C64H54N4. The van der Waals surface area contributed by atoms with Crippen molar-refractivity contribution in [3.05, 3.63) is 230 Å². The highest BCUT2D eigenvalue weighted by molar-refractivity contribution is 5.93. The lowest BCUT2D eigenvalue weighted by molar-refractivity contribution is 0.588. The Balaban J connectivity index is 1.12. The predicted octanol–water partition coefficient (Wildman–Crippen LogP) is 16.9. The Hall–Kier alpha value is -8.08. The maximum absolute atomic E-state index is 5.41. The van der Waals surface area contributed by atoms with E-state index in [9.17, 15) is 0 Å². The summed E-state index contributed by atoms with van der Waals surface area (Å²) in [4.78, 5) is 21.4. The third-order valence-electron chi connectivity index (χ3n) is 12.5. The van der Waals surface area contributed by atoms with Crippen molar-refractivity contribution in [1.82, 2.24) is 19.9 Å². The third-order valence-corrected chi connectivity index (χ3v) is 12.5. The lowest BCUT2D eigenvalue weighted by atomic mass is 9.80. The van der Waals surface area contributed by atoms with Crippen LogP contribution in [0.1, 0.15) is 52.7 Å². The second-order valence-corrected chi connectivity index (χ2v) is 19.5. The van der Waals surface area contributed by atoms with Gasteiger partial charge in [-0.15, -0.1) is 0 Å². The molecule has 0 N–H and O–H groups in total. The van der Waals surface area contributed by atoms with Crippen molar-refractivity contribution in [3.8, 4) is 101 Å². The molecular weight excluding hydrogens is 825 g/mol. The van der Waals surface area contributed by atoms with Crippen LogP contribution in [-0.4, -0.2) is 19.9 Å². The lowest BCUT2D eigenvalue weighted by Crippen LogP contribution is -2.17. The van der Waals surface area contributed by atoms with Gasteiger partial charge >= 0.3 is 0 Å². The maximum Gasteiger partial charge on any atom is 0.160 e. The van der Waals surface area contributed by atoms with Crippen molar-refractivity contribution in [2.45, 2.75) is 52.4 Å². The molecule has 8 aromatic carbocycles. The average Bonchev–Trinajstić information content (AvgIpc) is 3.38. The van der Waals surface area contributed by atoms with Gasteiger partial charge < -0.3 is 0 Å². The second kappa shape index (κ2) is 18.3. The number of hydrogen-bond acceptors (Lipinski definition) is 4. The summed E-state index contributed by atoms with van der Waals surface area (Å²) in [6.45, 7) is 13.5. The van der Waals surface area contributed by atoms with Crippen LogP contribution in [0.3, 0.4) is 0 Å². The zero-order valence-corrected chi connectivity index (χ0v) is 39.6.